The highest BCUT2D eigenvalue weighted by molar-refractivity contribution is 6.43. The number of nitrogens with one attached hydrogen (secondary N) is 1. The van der Waals surface area contributed by atoms with Crippen molar-refractivity contribution < 1.29 is 4.79 Å². The zero-order valence-corrected chi connectivity index (χ0v) is 13.2. The van der Waals surface area contributed by atoms with E-state index in [-0.39, 0.29) is 5.91 Å². The summed E-state index contributed by atoms with van der Waals surface area (Å²) in [5.74, 6) is 1.94. The molecule has 0 spiro atoms. The van der Waals surface area contributed by atoms with Gasteiger partial charge in [-0.3, -0.25) is 4.79 Å². The summed E-state index contributed by atoms with van der Waals surface area (Å²) >= 11 is 12.2. The molecule has 0 aromatic heterocycles. The fourth-order valence-electron chi connectivity index (χ4n) is 4.55. The molecule has 4 bridgehead atoms. The summed E-state index contributed by atoms with van der Waals surface area (Å²) in [7, 11) is 0. The maximum atomic E-state index is 12.5. The SMILES string of the molecule is O=C(NC1[C@H]2CC3C[C@H]1CN(C3)C2)c1cccc(Cl)c1Cl. The number of amides is 1. The molecule has 3 heterocycles. The molecule has 3 saturated heterocycles. The molecule has 5 rings (SSSR count). The fourth-order valence-corrected chi connectivity index (χ4v) is 4.94. The predicted octanol–water partition coefficient (Wildman–Crippen LogP) is 3.06. The summed E-state index contributed by atoms with van der Waals surface area (Å²) in [6.07, 6.45) is 2.50. The molecule has 4 aliphatic rings. The quantitative estimate of drug-likeness (QED) is 0.906. The highest BCUT2D eigenvalue weighted by Gasteiger charge is 2.47. The lowest BCUT2D eigenvalue weighted by atomic mass is 9.65. The first kappa shape index (κ1) is 13.9. The van der Waals surface area contributed by atoms with Crippen LogP contribution in [0.3, 0.4) is 0 Å². The van der Waals surface area contributed by atoms with Crippen LogP contribution in [-0.2, 0) is 0 Å². The zero-order valence-electron chi connectivity index (χ0n) is 11.7. The van der Waals surface area contributed by atoms with Gasteiger partial charge in [-0.2, -0.15) is 0 Å². The molecule has 0 radical (unpaired) electrons. The first-order valence-corrected chi connectivity index (χ1v) is 8.34. The first-order chi connectivity index (χ1) is 10.1. The summed E-state index contributed by atoms with van der Waals surface area (Å²) in [4.78, 5) is 15.1. The molecule has 1 amide bonds. The zero-order chi connectivity index (χ0) is 14.6. The number of carbonyl (C=O) groups excluding carboxylic acids is 1. The van der Waals surface area contributed by atoms with Crippen molar-refractivity contribution in [2.45, 2.75) is 18.9 Å². The molecule has 21 heavy (non-hydrogen) atoms. The van der Waals surface area contributed by atoms with Crippen molar-refractivity contribution in [3.8, 4) is 0 Å². The van der Waals surface area contributed by atoms with Crippen LogP contribution in [0.5, 0.6) is 0 Å². The molecule has 1 aromatic rings. The Hall–Kier alpha value is -0.770. The van der Waals surface area contributed by atoms with Crippen LogP contribution in [0.15, 0.2) is 18.2 Å². The van der Waals surface area contributed by atoms with Crippen LogP contribution in [0, 0.1) is 17.8 Å². The van der Waals surface area contributed by atoms with Gasteiger partial charge in [-0.15, -0.1) is 0 Å². The van der Waals surface area contributed by atoms with Gasteiger partial charge in [-0.25, -0.2) is 0 Å². The minimum absolute atomic E-state index is 0.0880. The van der Waals surface area contributed by atoms with E-state index in [0.29, 0.717) is 33.5 Å². The number of hydrogen-bond donors (Lipinski definition) is 1. The van der Waals surface area contributed by atoms with E-state index in [4.69, 9.17) is 23.2 Å². The van der Waals surface area contributed by atoms with Crippen LogP contribution in [0.25, 0.3) is 0 Å². The van der Waals surface area contributed by atoms with Gasteiger partial charge in [-0.05, 0) is 42.7 Å². The van der Waals surface area contributed by atoms with E-state index in [1.807, 2.05) is 0 Å². The number of rotatable bonds is 2. The van der Waals surface area contributed by atoms with E-state index in [1.54, 1.807) is 18.2 Å². The number of hydrogen-bond acceptors (Lipinski definition) is 2. The van der Waals surface area contributed by atoms with E-state index in [1.165, 1.54) is 19.4 Å². The summed E-state index contributed by atoms with van der Waals surface area (Å²) in [6, 6.07) is 5.51. The second-order valence-corrected chi connectivity index (χ2v) is 7.46. The maximum absolute atomic E-state index is 12.5. The molecule has 2 atom stereocenters. The molecule has 3 aliphatic heterocycles. The van der Waals surface area contributed by atoms with Crippen LogP contribution < -0.4 is 5.32 Å². The summed E-state index contributed by atoms with van der Waals surface area (Å²) < 4.78 is 0. The van der Waals surface area contributed by atoms with Gasteiger partial charge in [0, 0.05) is 25.7 Å². The van der Waals surface area contributed by atoms with Crippen molar-refractivity contribution in [2.24, 2.45) is 17.8 Å². The van der Waals surface area contributed by atoms with Crippen LogP contribution in [0.4, 0.5) is 0 Å². The van der Waals surface area contributed by atoms with Gasteiger partial charge in [-0.1, -0.05) is 29.3 Å². The molecular formula is C16H18Cl2N2O. The van der Waals surface area contributed by atoms with Gasteiger partial charge < -0.3 is 10.2 Å². The third-order valence-electron chi connectivity index (χ3n) is 5.28. The van der Waals surface area contributed by atoms with Gasteiger partial charge in [0.15, 0.2) is 0 Å². The van der Waals surface area contributed by atoms with E-state index in [0.717, 1.165) is 19.0 Å². The van der Waals surface area contributed by atoms with Gasteiger partial charge >= 0.3 is 0 Å². The second kappa shape index (κ2) is 5.15. The van der Waals surface area contributed by atoms with Crippen molar-refractivity contribution in [3.63, 3.8) is 0 Å². The van der Waals surface area contributed by atoms with Gasteiger partial charge in [0.2, 0.25) is 0 Å². The first-order valence-electron chi connectivity index (χ1n) is 7.59. The lowest BCUT2D eigenvalue weighted by Crippen LogP contribution is -2.64. The average molecular weight is 325 g/mol. The molecule has 3 nitrogen and oxygen atoms in total. The Bertz CT molecular complexity index is 562. The Labute approximate surface area is 134 Å². The monoisotopic (exact) mass is 324 g/mol. The number of nitrogens with zero attached hydrogens (tertiary/aromatic N) is 1. The van der Waals surface area contributed by atoms with Crippen LogP contribution in [0.2, 0.25) is 10.0 Å². The molecule has 1 aromatic carbocycles. The summed E-state index contributed by atoms with van der Waals surface area (Å²) in [5.41, 5.74) is 0.485. The average Bonchev–Trinajstić information content (AvgIpc) is 2.45. The van der Waals surface area contributed by atoms with Gasteiger partial charge in [0.05, 0.1) is 15.6 Å². The minimum Gasteiger partial charge on any atom is -0.349 e. The lowest BCUT2D eigenvalue weighted by molar-refractivity contribution is -0.0418. The van der Waals surface area contributed by atoms with Gasteiger partial charge in [0.25, 0.3) is 5.91 Å². The third kappa shape index (κ3) is 2.36. The number of carbonyl (C=O) groups is 1. The molecular weight excluding hydrogens is 307 g/mol. The predicted molar refractivity (Wildman–Crippen MR) is 83.9 cm³/mol. The maximum Gasteiger partial charge on any atom is 0.253 e. The smallest absolute Gasteiger partial charge is 0.253 e. The van der Waals surface area contributed by atoms with Crippen molar-refractivity contribution in [3.05, 3.63) is 33.8 Å². The van der Waals surface area contributed by atoms with Crippen LogP contribution >= 0.6 is 23.2 Å². The molecule has 1 saturated carbocycles. The van der Waals surface area contributed by atoms with E-state index in [2.05, 4.69) is 10.2 Å². The molecule has 1 N–H and O–H groups in total. The standard InChI is InChI=1S/C16H18Cl2N2O/c17-13-3-1-2-12(14(13)18)16(21)19-15-10-4-9-5-11(15)8-20(6-9)7-10/h1-3,9-11,15H,4-8H2,(H,19,21)/t9?,10-,11-,15?/m0/s1. The highest BCUT2D eigenvalue weighted by Crippen LogP contribution is 2.43. The lowest BCUT2D eigenvalue weighted by Gasteiger charge is -2.55. The van der Waals surface area contributed by atoms with Crippen LogP contribution in [-0.4, -0.2) is 36.5 Å². The van der Waals surface area contributed by atoms with Crippen LogP contribution in [0.1, 0.15) is 23.2 Å². The minimum atomic E-state index is -0.0880. The second-order valence-electron chi connectivity index (χ2n) is 6.68. The van der Waals surface area contributed by atoms with Crippen molar-refractivity contribution in [1.29, 1.82) is 0 Å². The number of halogens is 2. The Morgan fingerprint density at radius 2 is 1.86 bits per heavy atom. The van der Waals surface area contributed by atoms with E-state index in [9.17, 15) is 4.79 Å². The Morgan fingerprint density at radius 3 is 2.52 bits per heavy atom. The summed E-state index contributed by atoms with van der Waals surface area (Å²) in [5, 5.41) is 4.02. The summed E-state index contributed by atoms with van der Waals surface area (Å²) in [6.45, 7) is 3.51. The van der Waals surface area contributed by atoms with Crippen molar-refractivity contribution in [1.82, 2.24) is 10.2 Å². The fraction of sp³-hybridized carbons (Fsp3) is 0.562. The Balaban J connectivity index is 1.53. The van der Waals surface area contributed by atoms with E-state index >= 15 is 0 Å². The molecule has 5 heteroatoms. The Morgan fingerprint density at radius 1 is 1.14 bits per heavy atom. The van der Waals surface area contributed by atoms with Crippen molar-refractivity contribution >= 4 is 29.1 Å². The van der Waals surface area contributed by atoms with Gasteiger partial charge in [0.1, 0.15) is 0 Å². The molecule has 112 valence electrons. The van der Waals surface area contributed by atoms with Crippen molar-refractivity contribution in [2.75, 3.05) is 19.6 Å². The largest absolute Gasteiger partial charge is 0.349 e. The molecule has 4 fully saturated rings. The van der Waals surface area contributed by atoms with E-state index < -0.39 is 0 Å². The third-order valence-corrected chi connectivity index (χ3v) is 6.10. The number of piperidine rings is 3. The molecule has 0 unspecified atom stereocenters. The Kier molecular flexibility index (Phi) is 3.40. The highest BCUT2D eigenvalue weighted by atomic mass is 35.5. The topological polar surface area (TPSA) is 32.3 Å². The normalized spacial score (nSPS) is 36.8. The number of benzene rings is 1. The molecule has 1 aliphatic carbocycles.